The van der Waals surface area contributed by atoms with Gasteiger partial charge in [0, 0.05) is 26.2 Å². The van der Waals surface area contributed by atoms with E-state index in [9.17, 15) is 9.59 Å². The molecule has 3 rings (SSSR count). The van der Waals surface area contributed by atoms with Crippen LogP contribution >= 0.6 is 0 Å². The Morgan fingerprint density at radius 2 is 2.32 bits per heavy atom. The van der Waals surface area contributed by atoms with Gasteiger partial charge in [0.25, 0.3) is 0 Å². The average molecular weight is 262 g/mol. The highest BCUT2D eigenvalue weighted by atomic mass is 16.4. The van der Waals surface area contributed by atoms with Crippen molar-refractivity contribution in [3.63, 3.8) is 0 Å². The summed E-state index contributed by atoms with van der Waals surface area (Å²) in [5, 5.41) is 12.1. The molecular weight excluding hydrogens is 248 g/mol. The first-order valence-electron chi connectivity index (χ1n) is 6.15. The summed E-state index contributed by atoms with van der Waals surface area (Å²) in [5.74, 6) is -1.07. The summed E-state index contributed by atoms with van der Waals surface area (Å²) in [5.41, 5.74) is 0.624. The first-order chi connectivity index (χ1) is 9.16. The van der Waals surface area contributed by atoms with E-state index < -0.39 is 5.97 Å². The smallest absolute Gasteiger partial charge is 0.354 e. The van der Waals surface area contributed by atoms with Crippen LogP contribution in [0.25, 0.3) is 0 Å². The molecule has 2 aliphatic rings. The molecule has 2 N–H and O–H groups in total. The van der Waals surface area contributed by atoms with Gasteiger partial charge in [0.1, 0.15) is 5.69 Å². The predicted molar refractivity (Wildman–Crippen MR) is 67.3 cm³/mol. The SMILES string of the molecule is O=C(O)c1ccc(N2CC3CNCCN3C2=O)cn1. The Labute approximate surface area is 109 Å². The van der Waals surface area contributed by atoms with E-state index >= 15 is 0 Å². The summed E-state index contributed by atoms with van der Waals surface area (Å²) < 4.78 is 0. The van der Waals surface area contributed by atoms with Gasteiger partial charge >= 0.3 is 12.0 Å². The van der Waals surface area contributed by atoms with Gasteiger partial charge in [-0.3, -0.25) is 4.90 Å². The number of piperazine rings is 1. The molecule has 19 heavy (non-hydrogen) atoms. The fourth-order valence-electron chi connectivity index (χ4n) is 2.51. The molecule has 1 unspecified atom stereocenters. The molecule has 0 aromatic carbocycles. The highest BCUT2D eigenvalue weighted by Crippen LogP contribution is 2.24. The number of urea groups is 1. The van der Waals surface area contributed by atoms with Gasteiger partial charge in [-0.2, -0.15) is 0 Å². The van der Waals surface area contributed by atoms with Crippen LogP contribution in [0.15, 0.2) is 18.3 Å². The number of amides is 2. The van der Waals surface area contributed by atoms with E-state index in [1.807, 2.05) is 4.90 Å². The summed E-state index contributed by atoms with van der Waals surface area (Å²) in [7, 11) is 0. The third-order valence-electron chi connectivity index (χ3n) is 3.50. The minimum atomic E-state index is -1.07. The number of aromatic nitrogens is 1. The lowest BCUT2D eigenvalue weighted by Gasteiger charge is -2.28. The van der Waals surface area contributed by atoms with E-state index in [2.05, 4.69) is 10.3 Å². The molecule has 1 atom stereocenters. The van der Waals surface area contributed by atoms with Crippen LogP contribution in [0.2, 0.25) is 0 Å². The Morgan fingerprint density at radius 3 is 2.95 bits per heavy atom. The molecule has 100 valence electrons. The van der Waals surface area contributed by atoms with Gasteiger partial charge in [-0.05, 0) is 12.1 Å². The number of anilines is 1. The number of nitrogens with one attached hydrogen (secondary N) is 1. The van der Waals surface area contributed by atoms with Gasteiger partial charge in [-0.25, -0.2) is 14.6 Å². The third kappa shape index (κ3) is 2.01. The van der Waals surface area contributed by atoms with Crippen LogP contribution in [0.5, 0.6) is 0 Å². The van der Waals surface area contributed by atoms with Gasteiger partial charge in [0.2, 0.25) is 0 Å². The first kappa shape index (κ1) is 11.9. The van der Waals surface area contributed by atoms with Crippen molar-refractivity contribution >= 4 is 17.7 Å². The van der Waals surface area contributed by atoms with E-state index in [0.29, 0.717) is 18.8 Å². The number of carbonyl (C=O) groups is 2. The van der Waals surface area contributed by atoms with Gasteiger partial charge in [-0.1, -0.05) is 0 Å². The fraction of sp³-hybridized carbons (Fsp3) is 0.417. The molecule has 0 saturated carbocycles. The summed E-state index contributed by atoms with van der Waals surface area (Å²) >= 11 is 0. The molecule has 2 amide bonds. The molecule has 7 nitrogen and oxygen atoms in total. The molecule has 2 saturated heterocycles. The molecule has 1 aromatic heterocycles. The lowest BCUT2D eigenvalue weighted by atomic mass is 10.2. The second-order valence-electron chi connectivity index (χ2n) is 4.65. The lowest BCUT2D eigenvalue weighted by molar-refractivity contribution is 0.0690. The third-order valence-corrected chi connectivity index (χ3v) is 3.50. The summed E-state index contributed by atoms with van der Waals surface area (Å²) in [6.07, 6.45) is 1.44. The molecule has 7 heteroatoms. The van der Waals surface area contributed by atoms with Crippen LogP contribution in [0.4, 0.5) is 10.5 Å². The number of carboxylic acid groups (broad SMARTS) is 1. The highest BCUT2D eigenvalue weighted by molar-refractivity contribution is 5.95. The van der Waals surface area contributed by atoms with E-state index in [4.69, 9.17) is 5.11 Å². The number of hydrogen-bond acceptors (Lipinski definition) is 4. The Hall–Kier alpha value is -2.15. The average Bonchev–Trinajstić information content (AvgIpc) is 2.77. The molecule has 2 aliphatic heterocycles. The number of carboxylic acids is 1. The maximum absolute atomic E-state index is 12.2. The van der Waals surface area contributed by atoms with Crippen LogP contribution in [0.3, 0.4) is 0 Å². The summed E-state index contributed by atoms with van der Waals surface area (Å²) in [6.45, 7) is 2.93. The zero-order valence-corrected chi connectivity index (χ0v) is 10.2. The van der Waals surface area contributed by atoms with E-state index in [0.717, 1.165) is 13.1 Å². The largest absolute Gasteiger partial charge is 0.477 e. The van der Waals surface area contributed by atoms with E-state index in [1.54, 1.807) is 11.0 Å². The molecule has 0 radical (unpaired) electrons. The number of pyridine rings is 1. The van der Waals surface area contributed by atoms with Crippen molar-refractivity contribution in [2.24, 2.45) is 0 Å². The Morgan fingerprint density at radius 1 is 1.47 bits per heavy atom. The van der Waals surface area contributed by atoms with Crippen molar-refractivity contribution in [1.29, 1.82) is 0 Å². The number of aromatic carboxylic acids is 1. The van der Waals surface area contributed by atoms with Gasteiger partial charge in [0.05, 0.1) is 17.9 Å². The number of fused-ring (bicyclic) bond motifs is 1. The minimum absolute atomic E-state index is 0.0187. The second kappa shape index (κ2) is 4.51. The standard InChI is InChI=1S/C12H14N4O3/c17-11(18)10-2-1-8(6-14-10)16-7-9-5-13-3-4-15(9)12(16)19/h1-2,6,9,13H,3-5,7H2,(H,17,18). The number of hydrogen-bond donors (Lipinski definition) is 2. The number of nitrogens with zero attached hydrogens (tertiary/aromatic N) is 3. The minimum Gasteiger partial charge on any atom is -0.477 e. The highest BCUT2D eigenvalue weighted by Gasteiger charge is 2.39. The van der Waals surface area contributed by atoms with Gasteiger partial charge < -0.3 is 15.3 Å². The van der Waals surface area contributed by atoms with Crippen LogP contribution in [-0.2, 0) is 0 Å². The zero-order valence-electron chi connectivity index (χ0n) is 10.2. The van der Waals surface area contributed by atoms with Crippen LogP contribution in [0.1, 0.15) is 10.5 Å². The van der Waals surface area contributed by atoms with Crippen molar-refractivity contribution in [2.45, 2.75) is 6.04 Å². The second-order valence-corrected chi connectivity index (χ2v) is 4.65. The molecule has 2 fully saturated rings. The van der Waals surface area contributed by atoms with Crippen molar-refractivity contribution in [3.8, 4) is 0 Å². The lowest BCUT2D eigenvalue weighted by Crippen LogP contribution is -2.49. The van der Waals surface area contributed by atoms with E-state index in [-0.39, 0.29) is 17.8 Å². The van der Waals surface area contributed by atoms with Crippen molar-refractivity contribution in [3.05, 3.63) is 24.0 Å². The maximum Gasteiger partial charge on any atom is 0.354 e. The van der Waals surface area contributed by atoms with Crippen molar-refractivity contribution in [2.75, 3.05) is 31.1 Å². The first-order valence-corrected chi connectivity index (χ1v) is 6.15. The molecule has 0 aliphatic carbocycles. The molecule has 3 heterocycles. The van der Waals surface area contributed by atoms with Gasteiger partial charge in [-0.15, -0.1) is 0 Å². The summed E-state index contributed by atoms with van der Waals surface area (Å²) in [4.78, 5) is 30.3. The molecule has 0 bridgehead atoms. The van der Waals surface area contributed by atoms with E-state index in [1.165, 1.54) is 12.3 Å². The van der Waals surface area contributed by atoms with Crippen molar-refractivity contribution in [1.82, 2.24) is 15.2 Å². The normalized spacial score (nSPS) is 22.5. The topological polar surface area (TPSA) is 85.8 Å². The maximum atomic E-state index is 12.2. The number of rotatable bonds is 2. The Bertz CT molecular complexity index is 516. The Kier molecular flexibility index (Phi) is 2.83. The molecule has 0 spiro atoms. The fourth-order valence-corrected chi connectivity index (χ4v) is 2.51. The Balaban J connectivity index is 1.82. The zero-order chi connectivity index (χ0) is 13.4. The predicted octanol–water partition coefficient (Wildman–Crippen LogP) is -0.00640. The molecule has 1 aromatic rings. The van der Waals surface area contributed by atoms with Crippen molar-refractivity contribution < 1.29 is 14.7 Å². The summed E-state index contributed by atoms with van der Waals surface area (Å²) in [6, 6.07) is 3.19. The van der Waals surface area contributed by atoms with Crippen LogP contribution < -0.4 is 10.2 Å². The van der Waals surface area contributed by atoms with Crippen LogP contribution in [-0.4, -0.2) is 59.2 Å². The quantitative estimate of drug-likeness (QED) is 0.783. The molecular formula is C12H14N4O3. The van der Waals surface area contributed by atoms with Gasteiger partial charge in [0.15, 0.2) is 0 Å². The van der Waals surface area contributed by atoms with Crippen LogP contribution in [0, 0.1) is 0 Å². The number of carbonyl (C=O) groups excluding carboxylic acids is 1. The monoisotopic (exact) mass is 262 g/mol.